The average molecular weight is 260 g/mol. The zero-order valence-electron chi connectivity index (χ0n) is 10.6. The van der Waals surface area contributed by atoms with E-state index in [0.29, 0.717) is 0 Å². The summed E-state index contributed by atoms with van der Waals surface area (Å²) < 4.78 is 6.65. The molecule has 0 aliphatic carbocycles. The van der Waals surface area contributed by atoms with E-state index >= 15 is 0 Å². The Morgan fingerprint density at radius 2 is 2.00 bits per heavy atom. The molecule has 0 fully saturated rings. The first-order valence-electron chi connectivity index (χ1n) is 5.58. The van der Waals surface area contributed by atoms with Gasteiger partial charge < -0.3 is 4.74 Å². The van der Waals surface area contributed by atoms with Crippen LogP contribution in [0, 0.1) is 11.5 Å². The summed E-state index contributed by atoms with van der Waals surface area (Å²) in [5.74, 6) is 4.24. The van der Waals surface area contributed by atoms with Crippen molar-refractivity contribution in [3.8, 4) is 17.2 Å². The standard InChI is InChI=1S/C14H16OSSi/c1-15-12-6-5-7-13-14(12)11(10-16-13)8-9-17(2,3)4/h5-7,10H,1-4H3. The van der Waals surface area contributed by atoms with E-state index in [1.165, 1.54) is 4.70 Å². The van der Waals surface area contributed by atoms with Gasteiger partial charge in [0.2, 0.25) is 0 Å². The molecule has 88 valence electrons. The van der Waals surface area contributed by atoms with E-state index in [1.54, 1.807) is 18.4 Å². The van der Waals surface area contributed by atoms with Crippen molar-refractivity contribution in [2.45, 2.75) is 19.6 Å². The minimum Gasteiger partial charge on any atom is -0.496 e. The number of hydrogen-bond donors (Lipinski definition) is 0. The average Bonchev–Trinajstić information content (AvgIpc) is 2.68. The maximum absolute atomic E-state index is 5.41. The Hall–Kier alpha value is -1.24. The van der Waals surface area contributed by atoms with Crippen LogP contribution in [0.5, 0.6) is 5.75 Å². The van der Waals surface area contributed by atoms with Crippen LogP contribution in [0.4, 0.5) is 0 Å². The maximum atomic E-state index is 5.41. The van der Waals surface area contributed by atoms with E-state index in [2.05, 4.69) is 42.6 Å². The van der Waals surface area contributed by atoms with Crippen molar-refractivity contribution in [2.75, 3.05) is 7.11 Å². The lowest BCUT2D eigenvalue weighted by Crippen LogP contribution is -2.16. The zero-order valence-corrected chi connectivity index (χ0v) is 12.4. The Morgan fingerprint density at radius 3 is 2.65 bits per heavy atom. The number of rotatable bonds is 1. The van der Waals surface area contributed by atoms with Gasteiger partial charge >= 0.3 is 0 Å². The van der Waals surface area contributed by atoms with Gasteiger partial charge in [-0.05, 0) is 12.1 Å². The highest BCUT2D eigenvalue weighted by Gasteiger charge is 2.10. The van der Waals surface area contributed by atoms with Crippen LogP contribution >= 0.6 is 11.3 Å². The zero-order chi connectivity index (χ0) is 12.5. The molecular weight excluding hydrogens is 244 g/mol. The number of methoxy groups -OCH3 is 1. The van der Waals surface area contributed by atoms with Gasteiger partial charge in [0.1, 0.15) is 13.8 Å². The van der Waals surface area contributed by atoms with Gasteiger partial charge in [0.15, 0.2) is 0 Å². The molecular formula is C14H16OSSi. The van der Waals surface area contributed by atoms with Crippen molar-refractivity contribution in [1.82, 2.24) is 0 Å². The van der Waals surface area contributed by atoms with Crippen molar-refractivity contribution in [1.29, 1.82) is 0 Å². The van der Waals surface area contributed by atoms with E-state index in [4.69, 9.17) is 4.74 Å². The van der Waals surface area contributed by atoms with Gasteiger partial charge in [-0.1, -0.05) is 31.6 Å². The van der Waals surface area contributed by atoms with Crippen LogP contribution in [0.15, 0.2) is 23.6 Å². The lowest BCUT2D eigenvalue weighted by Gasteiger charge is -2.04. The Morgan fingerprint density at radius 1 is 1.24 bits per heavy atom. The molecule has 0 radical (unpaired) electrons. The summed E-state index contributed by atoms with van der Waals surface area (Å²) in [5.41, 5.74) is 4.51. The highest BCUT2D eigenvalue weighted by Crippen LogP contribution is 2.33. The van der Waals surface area contributed by atoms with Crippen molar-refractivity contribution in [3.63, 3.8) is 0 Å². The molecule has 0 aliphatic heterocycles. The fraction of sp³-hybridized carbons (Fsp3) is 0.286. The van der Waals surface area contributed by atoms with Crippen LogP contribution in [0.1, 0.15) is 5.56 Å². The molecule has 0 aliphatic rings. The minimum absolute atomic E-state index is 0.920. The Balaban J connectivity index is 2.58. The quantitative estimate of drug-likeness (QED) is 0.553. The number of thiophene rings is 1. The molecule has 0 spiro atoms. The molecule has 0 bridgehead atoms. The summed E-state index contributed by atoms with van der Waals surface area (Å²) in [6.07, 6.45) is 0. The molecule has 3 heteroatoms. The monoisotopic (exact) mass is 260 g/mol. The van der Waals surface area contributed by atoms with Crippen molar-refractivity contribution >= 4 is 29.5 Å². The number of fused-ring (bicyclic) bond motifs is 1. The third kappa shape index (κ3) is 2.71. The van der Waals surface area contributed by atoms with Gasteiger partial charge in [0.25, 0.3) is 0 Å². The molecule has 0 saturated carbocycles. The molecule has 0 amide bonds. The van der Waals surface area contributed by atoms with Gasteiger partial charge in [0.05, 0.1) is 12.5 Å². The van der Waals surface area contributed by atoms with Crippen LogP contribution in [-0.4, -0.2) is 15.2 Å². The third-order valence-corrected chi connectivity index (χ3v) is 4.18. The predicted molar refractivity (Wildman–Crippen MR) is 78.6 cm³/mol. The van der Waals surface area contributed by atoms with Gasteiger partial charge in [-0.15, -0.1) is 16.9 Å². The molecule has 0 saturated heterocycles. The summed E-state index contributed by atoms with van der Waals surface area (Å²) in [7, 11) is 0.385. The van der Waals surface area contributed by atoms with Gasteiger partial charge in [-0.2, -0.15) is 0 Å². The first-order chi connectivity index (χ1) is 8.01. The molecule has 2 aromatic rings. The summed E-state index contributed by atoms with van der Waals surface area (Å²) in [5, 5.41) is 3.28. The lowest BCUT2D eigenvalue weighted by molar-refractivity contribution is 0.420. The van der Waals surface area contributed by atoms with Crippen LogP contribution in [0.25, 0.3) is 10.1 Å². The third-order valence-electron chi connectivity index (χ3n) is 2.35. The molecule has 17 heavy (non-hydrogen) atoms. The molecule has 2 rings (SSSR count). The van der Waals surface area contributed by atoms with Crippen LogP contribution in [0.3, 0.4) is 0 Å². The van der Waals surface area contributed by atoms with Gasteiger partial charge in [-0.3, -0.25) is 0 Å². The van der Waals surface area contributed by atoms with Gasteiger partial charge in [0, 0.05) is 15.6 Å². The smallest absolute Gasteiger partial charge is 0.129 e. The largest absolute Gasteiger partial charge is 0.496 e. The number of benzene rings is 1. The first-order valence-corrected chi connectivity index (χ1v) is 9.96. The Bertz CT molecular complexity index is 596. The highest BCUT2D eigenvalue weighted by atomic mass is 32.1. The molecule has 1 aromatic carbocycles. The second-order valence-corrected chi connectivity index (χ2v) is 10.6. The maximum Gasteiger partial charge on any atom is 0.129 e. The highest BCUT2D eigenvalue weighted by molar-refractivity contribution is 7.17. The fourth-order valence-corrected chi connectivity index (χ4v) is 2.99. The van der Waals surface area contributed by atoms with E-state index in [-0.39, 0.29) is 0 Å². The summed E-state index contributed by atoms with van der Waals surface area (Å²) in [6.45, 7) is 6.77. The number of hydrogen-bond acceptors (Lipinski definition) is 2. The summed E-state index contributed by atoms with van der Waals surface area (Å²) >= 11 is 1.73. The second kappa shape index (κ2) is 4.56. The fourth-order valence-electron chi connectivity index (χ4n) is 1.57. The van der Waals surface area contributed by atoms with Crippen LogP contribution in [0.2, 0.25) is 19.6 Å². The molecule has 0 unspecified atom stereocenters. The molecule has 1 heterocycles. The van der Waals surface area contributed by atoms with Crippen molar-refractivity contribution in [2.24, 2.45) is 0 Å². The summed E-state index contributed by atoms with van der Waals surface area (Å²) in [6, 6.07) is 6.13. The Labute approximate surface area is 107 Å². The lowest BCUT2D eigenvalue weighted by atomic mass is 10.1. The topological polar surface area (TPSA) is 9.23 Å². The SMILES string of the molecule is COc1cccc2scc(C#C[Si](C)(C)C)c12. The second-order valence-electron chi connectivity index (χ2n) is 4.98. The van der Waals surface area contributed by atoms with Crippen molar-refractivity contribution < 1.29 is 4.74 Å². The Kier molecular flexibility index (Phi) is 3.28. The van der Waals surface area contributed by atoms with Crippen LogP contribution in [-0.2, 0) is 0 Å². The number of ether oxygens (including phenoxy) is 1. The molecule has 1 aromatic heterocycles. The van der Waals surface area contributed by atoms with E-state index < -0.39 is 8.07 Å². The van der Waals surface area contributed by atoms with E-state index in [1.807, 2.05) is 12.1 Å². The normalized spacial score (nSPS) is 11.1. The van der Waals surface area contributed by atoms with Crippen molar-refractivity contribution in [3.05, 3.63) is 29.1 Å². The molecule has 0 atom stereocenters. The predicted octanol–water partition coefficient (Wildman–Crippen LogP) is 4.14. The summed E-state index contributed by atoms with van der Waals surface area (Å²) in [4.78, 5) is 0. The van der Waals surface area contributed by atoms with E-state index in [9.17, 15) is 0 Å². The van der Waals surface area contributed by atoms with Gasteiger partial charge in [-0.25, -0.2) is 0 Å². The first kappa shape index (κ1) is 12.2. The van der Waals surface area contributed by atoms with E-state index in [0.717, 1.165) is 16.7 Å². The molecule has 0 N–H and O–H groups in total. The molecule has 1 nitrogen and oxygen atoms in total. The van der Waals surface area contributed by atoms with Crippen LogP contribution < -0.4 is 4.74 Å². The minimum atomic E-state index is -1.33.